The van der Waals surface area contributed by atoms with Gasteiger partial charge in [-0.15, -0.1) is 0 Å². The van der Waals surface area contributed by atoms with Crippen LogP contribution >= 0.6 is 11.8 Å². The van der Waals surface area contributed by atoms with Gasteiger partial charge in [0.15, 0.2) is 0 Å². The van der Waals surface area contributed by atoms with Gasteiger partial charge < -0.3 is 5.11 Å². The van der Waals surface area contributed by atoms with Gasteiger partial charge in [-0.05, 0) is 51.3 Å². The zero-order chi connectivity index (χ0) is 10.4. The van der Waals surface area contributed by atoms with Crippen LogP contribution in [0.25, 0.3) is 0 Å². The Bertz CT molecular complexity index is 152. The van der Waals surface area contributed by atoms with Gasteiger partial charge in [0, 0.05) is 6.04 Å². The lowest BCUT2D eigenvalue weighted by molar-refractivity contribution is 0.0368. The molecule has 1 rings (SSSR count). The Labute approximate surface area is 92.1 Å². The number of aliphatic hydroxyl groups excluding tert-OH is 1. The molecule has 14 heavy (non-hydrogen) atoms. The van der Waals surface area contributed by atoms with Crippen molar-refractivity contribution in [3.05, 3.63) is 0 Å². The summed E-state index contributed by atoms with van der Waals surface area (Å²) in [4.78, 5) is 2.48. The minimum atomic E-state index is -0.162. The van der Waals surface area contributed by atoms with Gasteiger partial charge in [-0.2, -0.15) is 11.8 Å². The molecule has 0 aromatic rings. The number of piperidine rings is 1. The second-order valence-corrected chi connectivity index (χ2v) is 5.17. The van der Waals surface area contributed by atoms with E-state index in [1.54, 1.807) is 0 Å². The van der Waals surface area contributed by atoms with Gasteiger partial charge in [0.2, 0.25) is 0 Å². The first-order chi connectivity index (χ1) is 6.75. The summed E-state index contributed by atoms with van der Waals surface area (Å²) in [5.41, 5.74) is 0. The predicted octanol–water partition coefficient (Wildman–Crippen LogP) is 1.97. The van der Waals surface area contributed by atoms with Crippen LogP contribution in [-0.2, 0) is 0 Å². The average Bonchev–Trinajstić information content (AvgIpc) is 2.19. The number of likely N-dealkylation sites (tertiary alicyclic amines) is 1. The van der Waals surface area contributed by atoms with E-state index in [1.165, 1.54) is 38.0 Å². The van der Waals surface area contributed by atoms with E-state index in [2.05, 4.69) is 11.2 Å². The lowest BCUT2D eigenvalue weighted by Gasteiger charge is -2.37. The Hall–Kier alpha value is 0.270. The Morgan fingerprint density at radius 1 is 1.50 bits per heavy atom. The van der Waals surface area contributed by atoms with E-state index < -0.39 is 0 Å². The van der Waals surface area contributed by atoms with E-state index in [0.717, 1.165) is 6.54 Å². The summed E-state index contributed by atoms with van der Waals surface area (Å²) in [7, 11) is 0. The highest BCUT2D eigenvalue weighted by Gasteiger charge is 2.25. The van der Waals surface area contributed by atoms with Crippen LogP contribution in [-0.4, -0.2) is 47.3 Å². The molecule has 3 heteroatoms. The van der Waals surface area contributed by atoms with Crippen molar-refractivity contribution in [3.63, 3.8) is 0 Å². The van der Waals surface area contributed by atoms with Crippen LogP contribution in [0.15, 0.2) is 0 Å². The summed E-state index contributed by atoms with van der Waals surface area (Å²) in [6.07, 6.45) is 7.02. The monoisotopic (exact) mass is 217 g/mol. The summed E-state index contributed by atoms with van der Waals surface area (Å²) < 4.78 is 0. The molecule has 0 amide bonds. The molecule has 1 N–H and O–H groups in total. The van der Waals surface area contributed by atoms with Crippen molar-refractivity contribution in [2.24, 2.45) is 0 Å². The van der Waals surface area contributed by atoms with Gasteiger partial charge in [0.05, 0.1) is 6.10 Å². The van der Waals surface area contributed by atoms with Crippen LogP contribution in [0.3, 0.4) is 0 Å². The number of aliphatic hydroxyl groups is 1. The topological polar surface area (TPSA) is 23.5 Å². The maximum Gasteiger partial charge on any atom is 0.0667 e. The predicted molar refractivity (Wildman–Crippen MR) is 63.9 cm³/mol. The van der Waals surface area contributed by atoms with Gasteiger partial charge in [-0.25, -0.2) is 0 Å². The van der Waals surface area contributed by atoms with E-state index in [4.69, 9.17) is 0 Å². The third kappa shape index (κ3) is 3.79. The summed E-state index contributed by atoms with van der Waals surface area (Å²) in [5.74, 6) is 1.24. The molecule has 1 fully saturated rings. The van der Waals surface area contributed by atoms with Crippen LogP contribution in [0.5, 0.6) is 0 Å². The molecule has 0 radical (unpaired) electrons. The van der Waals surface area contributed by atoms with Crippen molar-refractivity contribution in [3.8, 4) is 0 Å². The Kier molecular flexibility index (Phi) is 5.90. The second kappa shape index (κ2) is 6.70. The summed E-state index contributed by atoms with van der Waals surface area (Å²) in [6.45, 7) is 4.28. The number of nitrogens with zero attached hydrogens (tertiary/aromatic N) is 1. The number of hydrogen-bond donors (Lipinski definition) is 1. The van der Waals surface area contributed by atoms with Gasteiger partial charge >= 0.3 is 0 Å². The number of thioether (sulfide) groups is 1. The molecule has 0 spiro atoms. The standard InChI is InChI=1S/C11H23NOS/c1-10(13)11-6-3-4-7-12(11)8-5-9-14-2/h10-11,13H,3-9H2,1-2H3. The molecule has 1 aliphatic rings. The van der Waals surface area contributed by atoms with E-state index in [1.807, 2.05) is 18.7 Å². The fraction of sp³-hybridized carbons (Fsp3) is 1.00. The normalized spacial score (nSPS) is 26.4. The lowest BCUT2D eigenvalue weighted by Crippen LogP contribution is -2.46. The Morgan fingerprint density at radius 2 is 2.29 bits per heavy atom. The first kappa shape index (κ1) is 12.3. The van der Waals surface area contributed by atoms with E-state index >= 15 is 0 Å². The fourth-order valence-corrected chi connectivity index (χ4v) is 2.67. The third-order valence-corrected chi connectivity index (χ3v) is 3.71. The fourth-order valence-electron chi connectivity index (χ4n) is 2.25. The molecule has 0 aromatic carbocycles. The molecule has 1 aliphatic heterocycles. The van der Waals surface area contributed by atoms with Gasteiger partial charge in [0.1, 0.15) is 0 Å². The summed E-state index contributed by atoms with van der Waals surface area (Å²) in [6, 6.07) is 0.422. The highest BCUT2D eigenvalue weighted by molar-refractivity contribution is 7.98. The molecule has 0 aliphatic carbocycles. The smallest absolute Gasteiger partial charge is 0.0667 e. The van der Waals surface area contributed by atoms with E-state index in [9.17, 15) is 5.11 Å². The highest BCUT2D eigenvalue weighted by Crippen LogP contribution is 2.20. The van der Waals surface area contributed by atoms with Crippen LogP contribution in [0.1, 0.15) is 32.6 Å². The van der Waals surface area contributed by atoms with Crippen molar-refractivity contribution in [2.75, 3.05) is 25.1 Å². The molecule has 0 bridgehead atoms. The molecule has 84 valence electrons. The van der Waals surface area contributed by atoms with Crippen molar-refractivity contribution < 1.29 is 5.11 Å². The molecular weight excluding hydrogens is 194 g/mol. The Morgan fingerprint density at radius 3 is 2.93 bits per heavy atom. The first-order valence-corrected chi connectivity index (χ1v) is 7.06. The van der Waals surface area contributed by atoms with Crippen LogP contribution in [0, 0.1) is 0 Å². The zero-order valence-electron chi connectivity index (χ0n) is 9.41. The average molecular weight is 217 g/mol. The molecular formula is C11H23NOS. The maximum absolute atomic E-state index is 9.66. The molecule has 2 atom stereocenters. The second-order valence-electron chi connectivity index (χ2n) is 4.19. The highest BCUT2D eigenvalue weighted by atomic mass is 32.2. The maximum atomic E-state index is 9.66. The van der Waals surface area contributed by atoms with Gasteiger partial charge in [-0.1, -0.05) is 6.42 Å². The van der Waals surface area contributed by atoms with E-state index in [-0.39, 0.29) is 6.10 Å². The van der Waals surface area contributed by atoms with Gasteiger partial charge in [-0.3, -0.25) is 4.90 Å². The number of hydrogen-bond acceptors (Lipinski definition) is 3. The van der Waals surface area contributed by atoms with Crippen molar-refractivity contribution in [2.45, 2.75) is 44.8 Å². The molecule has 0 aromatic heterocycles. The molecule has 1 heterocycles. The SMILES string of the molecule is CSCCCN1CCCCC1C(C)O. The van der Waals surface area contributed by atoms with Gasteiger partial charge in [0.25, 0.3) is 0 Å². The summed E-state index contributed by atoms with van der Waals surface area (Å²) in [5, 5.41) is 9.66. The third-order valence-electron chi connectivity index (χ3n) is 3.01. The minimum Gasteiger partial charge on any atom is -0.392 e. The summed E-state index contributed by atoms with van der Waals surface area (Å²) >= 11 is 1.91. The van der Waals surface area contributed by atoms with E-state index in [0.29, 0.717) is 6.04 Å². The molecule has 2 unspecified atom stereocenters. The quantitative estimate of drug-likeness (QED) is 0.712. The van der Waals surface area contributed by atoms with Crippen molar-refractivity contribution in [1.82, 2.24) is 4.90 Å². The first-order valence-electron chi connectivity index (χ1n) is 5.66. The van der Waals surface area contributed by atoms with Crippen LogP contribution in [0.4, 0.5) is 0 Å². The van der Waals surface area contributed by atoms with Crippen molar-refractivity contribution >= 4 is 11.8 Å². The molecule has 0 saturated carbocycles. The number of rotatable bonds is 5. The Balaban J connectivity index is 2.30. The van der Waals surface area contributed by atoms with Crippen LogP contribution in [0.2, 0.25) is 0 Å². The van der Waals surface area contributed by atoms with Crippen molar-refractivity contribution in [1.29, 1.82) is 0 Å². The largest absolute Gasteiger partial charge is 0.392 e. The van der Waals surface area contributed by atoms with Crippen LogP contribution < -0.4 is 0 Å². The minimum absolute atomic E-state index is 0.162. The zero-order valence-corrected chi connectivity index (χ0v) is 10.2. The molecule has 1 saturated heterocycles. The lowest BCUT2D eigenvalue weighted by atomic mass is 9.98. The molecule has 2 nitrogen and oxygen atoms in total.